The fourth-order valence-corrected chi connectivity index (χ4v) is 1.97. The van der Waals surface area contributed by atoms with E-state index < -0.39 is 0 Å². The largest absolute Gasteiger partial charge is 0.508 e. The number of methoxy groups -OCH3 is 1. The van der Waals surface area contributed by atoms with Gasteiger partial charge in [0.1, 0.15) is 5.75 Å². The first kappa shape index (κ1) is 13.1. The molecule has 3 nitrogen and oxygen atoms in total. The van der Waals surface area contributed by atoms with Crippen molar-refractivity contribution < 1.29 is 14.6 Å². The van der Waals surface area contributed by atoms with Crippen LogP contribution in [0.15, 0.2) is 48.5 Å². The van der Waals surface area contributed by atoms with Crippen LogP contribution in [0.5, 0.6) is 5.75 Å². The third kappa shape index (κ3) is 3.35. The Morgan fingerprint density at radius 1 is 1.11 bits per heavy atom. The molecule has 0 aromatic heterocycles. The van der Waals surface area contributed by atoms with E-state index in [0.717, 1.165) is 24.0 Å². The molecule has 0 aliphatic rings. The molecule has 0 heterocycles. The summed E-state index contributed by atoms with van der Waals surface area (Å²) in [5.41, 5.74) is 2.51. The molecule has 3 heteroatoms. The molecule has 0 aliphatic heterocycles. The predicted octanol–water partition coefficient (Wildman–Crippen LogP) is 2.96. The number of hydrogen-bond donors (Lipinski definition) is 1. The van der Waals surface area contributed by atoms with Crippen molar-refractivity contribution in [3.63, 3.8) is 0 Å². The van der Waals surface area contributed by atoms with Crippen LogP contribution in [0.4, 0.5) is 0 Å². The molecule has 0 fully saturated rings. The van der Waals surface area contributed by atoms with Crippen molar-refractivity contribution in [3.05, 3.63) is 65.2 Å². The highest BCUT2D eigenvalue weighted by atomic mass is 16.5. The van der Waals surface area contributed by atoms with E-state index in [0.29, 0.717) is 11.3 Å². The minimum atomic E-state index is -0.329. The fourth-order valence-electron chi connectivity index (χ4n) is 1.97. The maximum Gasteiger partial charge on any atom is 0.337 e. The molecule has 2 rings (SSSR count). The van der Waals surface area contributed by atoms with Crippen molar-refractivity contribution in [2.24, 2.45) is 0 Å². The van der Waals surface area contributed by atoms with Gasteiger partial charge in [0.15, 0.2) is 0 Å². The van der Waals surface area contributed by atoms with E-state index in [2.05, 4.69) is 0 Å². The van der Waals surface area contributed by atoms with Gasteiger partial charge in [-0.25, -0.2) is 4.79 Å². The molecule has 0 radical (unpaired) electrons. The average Bonchev–Trinajstić information content (AvgIpc) is 2.46. The van der Waals surface area contributed by atoms with Gasteiger partial charge in [-0.1, -0.05) is 30.3 Å². The molecule has 0 atom stereocenters. The van der Waals surface area contributed by atoms with Crippen molar-refractivity contribution in [3.8, 4) is 5.75 Å². The molecule has 1 N–H and O–H groups in total. The number of ether oxygens (including phenoxy) is 1. The number of aromatic hydroxyl groups is 1. The monoisotopic (exact) mass is 256 g/mol. The normalized spacial score (nSPS) is 10.2. The van der Waals surface area contributed by atoms with Gasteiger partial charge in [-0.3, -0.25) is 0 Å². The van der Waals surface area contributed by atoms with Gasteiger partial charge in [-0.05, 0) is 42.2 Å². The molecular formula is C16H16O3. The second-order valence-electron chi connectivity index (χ2n) is 4.32. The number of carbonyl (C=O) groups is 1. The van der Waals surface area contributed by atoms with Crippen LogP contribution in [0.25, 0.3) is 0 Å². The highest BCUT2D eigenvalue weighted by Gasteiger charge is 2.06. The number of hydrogen-bond acceptors (Lipinski definition) is 3. The summed E-state index contributed by atoms with van der Waals surface area (Å²) in [6, 6.07) is 14.6. The standard InChI is InChI=1S/C16H16O3/c1-19-16(18)14-7-4-5-12(11-14)9-10-13-6-2-3-8-15(13)17/h2-8,11,17H,9-10H2,1H3. The van der Waals surface area contributed by atoms with E-state index in [9.17, 15) is 9.90 Å². The van der Waals surface area contributed by atoms with Crippen LogP contribution in [-0.2, 0) is 17.6 Å². The Balaban J connectivity index is 2.08. The van der Waals surface area contributed by atoms with Gasteiger partial charge in [0.25, 0.3) is 0 Å². The zero-order valence-electron chi connectivity index (χ0n) is 10.8. The zero-order valence-corrected chi connectivity index (χ0v) is 10.8. The lowest BCUT2D eigenvalue weighted by Crippen LogP contribution is -2.02. The zero-order chi connectivity index (χ0) is 13.7. The number of benzene rings is 2. The van der Waals surface area contributed by atoms with E-state index in [1.807, 2.05) is 30.3 Å². The van der Waals surface area contributed by atoms with Crippen LogP contribution in [0.2, 0.25) is 0 Å². The van der Waals surface area contributed by atoms with Gasteiger partial charge in [-0.15, -0.1) is 0 Å². The van der Waals surface area contributed by atoms with Crippen LogP contribution in [-0.4, -0.2) is 18.2 Å². The molecule has 0 amide bonds. The third-order valence-corrected chi connectivity index (χ3v) is 3.02. The Morgan fingerprint density at radius 3 is 2.63 bits per heavy atom. The summed E-state index contributed by atoms with van der Waals surface area (Å²) in [6.07, 6.45) is 1.50. The average molecular weight is 256 g/mol. The molecule has 0 aliphatic carbocycles. The summed E-state index contributed by atoms with van der Waals surface area (Å²) < 4.78 is 4.69. The number of esters is 1. The Kier molecular flexibility index (Phi) is 4.18. The molecule has 0 spiro atoms. The van der Waals surface area contributed by atoms with Crippen molar-refractivity contribution in [2.45, 2.75) is 12.8 Å². The van der Waals surface area contributed by atoms with E-state index in [-0.39, 0.29) is 5.97 Å². The summed E-state index contributed by atoms with van der Waals surface area (Å²) in [6.45, 7) is 0. The van der Waals surface area contributed by atoms with Gasteiger partial charge >= 0.3 is 5.97 Å². The van der Waals surface area contributed by atoms with Crippen molar-refractivity contribution in [1.29, 1.82) is 0 Å². The van der Waals surface area contributed by atoms with Gasteiger partial charge in [-0.2, -0.15) is 0 Å². The molecule has 2 aromatic carbocycles. The number of rotatable bonds is 4. The second-order valence-corrected chi connectivity index (χ2v) is 4.32. The van der Waals surface area contributed by atoms with E-state index in [1.165, 1.54) is 7.11 Å². The lowest BCUT2D eigenvalue weighted by molar-refractivity contribution is 0.0600. The van der Waals surface area contributed by atoms with Gasteiger partial charge in [0, 0.05) is 0 Å². The Hall–Kier alpha value is -2.29. The Labute approximate surface area is 112 Å². The summed E-state index contributed by atoms with van der Waals surface area (Å²) >= 11 is 0. The number of phenolic OH excluding ortho intramolecular Hbond substituents is 1. The summed E-state index contributed by atoms with van der Waals surface area (Å²) in [5, 5.41) is 9.70. The van der Waals surface area contributed by atoms with Gasteiger partial charge in [0.05, 0.1) is 12.7 Å². The van der Waals surface area contributed by atoms with E-state index >= 15 is 0 Å². The van der Waals surface area contributed by atoms with Crippen LogP contribution < -0.4 is 0 Å². The molecule has 0 bridgehead atoms. The lowest BCUT2D eigenvalue weighted by Gasteiger charge is -2.06. The number of aryl methyl sites for hydroxylation is 2. The van der Waals surface area contributed by atoms with Crippen molar-refractivity contribution in [2.75, 3.05) is 7.11 Å². The highest BCUT2D eigenvalue weighted by Crippen LogP contribution is 2.18. The number of carbonyl (C=O) groups excluding carboxylic acids is 1. The van der Waals surface area contributed by atoms with Crippen molar-refractivity contribution >= 4 is 5.97 Å². The molecule has 0 saturated carbocycles. The van der Waals surface area contributed by atoms with Gasteiger partial charge < -0.3 is 9.84 Å². The van der Waals surface area contributed by atoms with Crippen LogP contribution in [0.1, 0.15) is 21.5 Å². The molecule has 98 valence electrons. The SMILES string of the molecule is COC(=O)c1cccc(CCc2ccccc2O)c1. The topological polar surface area (TPSA) is 46.5 Å². The van der Waals surface area contributed by atoms with Crippen LogP contribution >= 0.6 is 0 Å². The second kappa shape index (κ2) is 6.05. The summed E-state index contributed by atoms with van der Waals surface area (Å²) in [7, 11) is 1.37. The smallest absolute Gasteiger partial charge is 0.337 e. The van der Waals surface area contributed by atoms with Crippen LogP contribution in [0, 0.1) is 0 Å². The molecular weight excluding hydrogens is 240 g/mol. The van der Waals surface area contributed by atoms with Crippen molar-refractivity contribution in [1.82, 2.24) is 0 Å². The van der Waals surface area contributed by atoms with E-state index in [4.69, 9.17) is 4.74 Å². The fraction of sp³-hybridized carbons (Fsp3) is 0.188. The molecule has 19 heavy (non-hydrogen) atoms. The summed E-state index contributed by atoms with van der Waals surface area (Å²) in [5.74, 6) is -0.0176. The maximum atomic E-state index is 11.4. The summed E-state index contributed by atoms with van der Waals surface area (Å²) in [4.78, 5) is 11.4. The quantitative estimate of drug-likeness (QED) is 0.855. The molecule has 2 aromatic rings. The number of phenols is 1. The Morgan fingerprint density at radius 2 is 1.89 bits per heavy atom. The Bertz CT molecular complexity index is 576. The lowest BCUT2D eigenvalue weighted by atomic mass is 10.0. The first-order chi connectivity index (χ1) is 9.20. The van der Waals surface area contributed by atoms with Gasteiger partial charge in [0.2, 0.25) is 0 Å². The first-order valence-electron chi connectivity index (χ1n) is 6.15. The van der Waals surface area contributed by atoms with Crippen LogP contribution in [0.3, 0.4) is 0 Å². The maximum absolute atomic E-state index is 11.4. The molecule has 0 unspecified atom stereocenters. The first-order valence-corrected chi connectivity index (χ1v) is 6.15. The highest BCUT2D eigenvalue weighted by molar-refractivity contribution is 5.89. The minimum Gasteiger partial charge on any atom is -0.508 e. The van der Waals surface area contributed by atoms with E-state index in [1.54, 1.807) is 18.2 Å². The molecule has 0 saturated heterocycles. The predicted molar refractivity (Wildman–Crippen MR) is 73.3 cm³/mol. The third-order valence-electron chi connectivity index (χ3n) is 3.02. The number of para-hydroxylation sites is 1. The minimum absolute atomic E-state index is 0.312.